The van der Waals surface area contributed by atoms with Crippen molar-refractivity contribution in [2.45, 2.75) is 26.7 Å². The second-order valence-corrected chi connectivity index (χ2v) is 5.71. The molecular formula is C16H21N3O4S. The number of carbonyl (C=O) groups is 3. The smallest absolute Gasteiger partial charge is 0.306 e. The summed E-state index contributed by atoms with van der Waals surface area (Å²) >= 11 is 5.03. The Labute approximate surface area is 146 Å². The number of carbonyl (C=O) groups excluding carboxylic acids is 3. The highest BCUT2D eigenvalue weighted by Crippen LogP contribution is 2.14. The molecule has 1 aromatic carbocycles. The fourth-order valence-corrected chi connectivity index (χ4v) is 1.82. The fraction of sp³-hybridized carbons (Fsp3) is 0.375. The van der Waals surface area contributed by atoms with Gasteiger partial charge in [0.05, 0.1) is 13.5 Å². The van der Waals surface area contributed by atoms with Crippen LogP contribution in [-0.4, -0.2) is 30.0 Å². The molecule has 1 aromatic rings. The van der Waals surface area contributed by atoms with E-state index in [-0.39, 0.29) is 35.7 Å². The Balaban J connectivity index is 2.45. The summed E-state index contributed by atoms with van der Waals surface area (Å²) in [7, 11) is 1.26. The molecule has 0 aromatic heterocycles. The largest absolute Gasteiger partial charge is 0.469 e. The van der Waals surface area contributed by atoms with Gasteiger partial charge in [-0.3, -0.25) is 14.4 Å². The zero-order chi connectivity index (χ0) is 18.1. The van der Waals surface area contributed by atoms with Gasteiger partial charge in [-0.2, -0.15) is 0 Å². The molecule has 3 N–H and O–H groups in total. The van der Waals surface area contributed by atoms with Crippen LogP contribution in [0.3, 0.4) is 0 Å². The maximum atomic E-state index is 11.6. The first-order valence-corrected chi connectivity index (χ1v) is 7.81. The van der Waals surface area contributed by atoms with E-state index < -0.39 is 5.97 Å². The standard InChI is InChI=1S/C16H21N3O4S/c1-10(2)15(22)17-11-4-6-12(7-5-11)18-16(24)19-13(20)8-9-14(21)23-3/h4-7,10H,8-9H2,1-3H3,(H,17,22)(H2,18,19,20,24). The fourth-order valence-electron chi connectivity index (χ4n) is 1.59. The van der Waals surface area contributed by atoms with Crippen LogP contribution in [0.2, 0.25) is 0 Å². The van der Waals surface area contributed by atoms with Crippen LogP contribution in [0.5, 0.6) is 0 Å². The summed E-state index contributed by atoms with van der Waals surface area (Å²) in [6, 6.07) is 6.90. The summed E-state index contributed by atoms with van der Waals surface area (Å²) < 4.78 is 4.46. The number of thiocarbonyl (C=S) groups is 1. The van der Waals surface area contributed by atoms with Gasteiger partial charge in [0.1, 0.15) is 0 Å². The third-order valence-corrected chi connectivity index (χ3v) is 3.18. The Bertz CT molecular complexity index is 614. The van der Waals surface area contributed by atoms with E-state index in [0.29, 0.717) is 11.4 Å². The van der Waals surface area contributed by atoms with Gasteiger partial charge in [-0.1, -0.05) is 13.8 Å². The van der Waals surface area contributed by atoms with Crippen molar-refractivity contribution in [3.8, 4) is 0 Å². The number of amides is 2. The lowest BCUT2D eigenvalue weighted by Gasteiger charge is -2.11. The average Bonchev–Trinajstić information content (AvgIpc) is 2.54. The summed E-state index contributed by atoms with van der Waals surface area (Å²) in [6.45, 7) is 3.62. The summed E-state index contributed by atoms with van der Waals surface area (Å²) in [6.07, 6.45) is -0.0101. The van der Waals surface area contributed by atoms with Gasteiger partial charge in [0.2, 0.25) is 11.8 Å². The van der Waals surface area contributed by atoms with Crippen LogP contribution in [0.1, 0.15) is 26.7 Å². The van der Waals surface area contributed by atoms with Crippen LogP contribution >= 0.6 is 12.2 Å². The molecule has 0 aliphatic rings. The first kappa shape index (κ1) is 19.6. The number of ether oxygens (including phenoxy) is 1. The van der Waals surface area contributed by atoms with Gasteiger partial charge in [-0.05, 0) is 36.5 Å². The van der Waals surface area contributed by atoms with E-state index in [1.54, 1.807) is 24.3 Å². The third kappa shape index (κ3) is 7.19. The summed E-state index contributed by atoms with van der Waals surface area (Å²) in [5.41, 5.74) is 1.34. The minimum Gasteiger partial charge on any atom is -0.469 e. The average molecular weight is 351 g/mol. The molecule has 130 valence electrons. The molecule has 0 aliphatic heterocycles. The molecule has 0 fully saturated rings. The lowest BCUT2D eigenvalue weighted by atomic mass is 10.2. The second kappa shape index (κ2) is 9.61. The van der Waals surface area contributed by atoms with Crippen molar-refractivity contribution in [1.29, 1.82) is 0 Å². The van der Waals surface area contributed by atoms with Crippen LogP contribution in [0.4, 0.5) is 11.4 Å². The quantitative estimate of drug-likeness (QED) is 0.536. The highest BCUT2D eigenvalue weighted by atomic mass is 32.1. The zero-order valence-corrected chi connectivity index (χ0v) is 14.7. The van der Waals surface area contributed by atoms with E-state index >= 15 is 0 Å². The molecule has 0 saturated heterocycles. The van der Waals surface area contributed by atoms with Gasteiger partial charge in [0, 0.05) is 23.7 Å². The van der Waals surface area contributed by atoms with Crippen molar-refractivity contribution >= 4 is 46.5 Å². The Morgan fingerprint density at radius 1 is 1.04 bits per heavy atom. The first-order chi connectivity index (χ1) is 11.3. The maximum Gasteiger partial charge on any atom is 0.306 e. The molecule has 0 saturated carbocycles. The van der Waals surface area contributed by atoms with Gasteiger partial charge in [0.25, 0.3) is 0 Å². The van der Waals surface area contributed by atoms with Gasteiger partial charge in [-0.15, -0.1) is 0 Å². The highest BCUT2D eigenvalue weighted by Gasteiger charge is 2.09. The zero-order valence-electron chi connectivity index (χ0n) is 13.8. The van der Waals surface area contributed by atoms with Gasteiger partial charge in [0.15, 0.2) is 5.11 Å². The van der Waals surface area contributed by atoms with Crippen molar-refractivity contribution in [2.24, 2.45) is 5.92 Å². The van der Waals surface area contributed by atoms with Crippen LogP contribution in [0.15, 0.2) is 24.3 Å². The van der Waals surface area contributed by atoms with Crippen molar-refractivity contribution in [3.05, 3.63) is 24.3 Å². The van der Waals surface area contributed by atoms with Gasteiger partial charge < -0.3 is 20.7 Å². The van der Waals surface area contributed by atoms with E-state index in [1.807, 2.05) is 13.8 Å². The molecule has 0 bridgehead atoms. The molecule has 0 spiro atoms. The predicted molar refractivity (Wildman–Crippen MR) is 95.5 cm³/mol. The van der Waals surface area contributed by atoms with Gasteiger partial charge in [-0.25, -0.2) is 0 Å². The predicted octanol–water partition coefficient (Wildman–Crippen LogP) is 2.05. The summed E-state index contributed by atoms with van der Waals surface area (Å²) in [4.78, 5) is 34.2. The molecule has 1 rings (SSSR count). The number of hydrogen-bond donors (Lipinski definition) is 3. The topological polar surface area (TPSA) is 96.5 Å². The maximum absolute atomic E-state index is 11.6. The van der Waals surface area contributed by atoms with E-state index in [2.05, 4.69) is 20.7 Å². The minimum absolute atomic E-state index is 0.00477. The van der Waals surface area contributed by atoms with Crippen LogP contribution < -0.4 is 16.0 Å². The third-order valence-electron chi connectivity index (χ3n) is 2.97. The van der Waals surface area contributed by atoms with Crippen molar-refractivity contribution in [2.75, 3.05) is 17.7 Å². The monoisotopic (exact) mass is 351 g/mol. The molecular weight excluding hydrogens is 330 g/mol. The summed E-state index contributed by atoms with van der Waals surface area (Å²) in [5.74, 6) is -0.999. The van der Waals surface area contributed by atoms with Crippen LogP contribution in [0, 0.1) is 5.92 Å². The molecule has 7 nitrogen and oxygen atoms in total. The van der Waals surface area contributed by atoms with Crippen molar-refractivity contribution in [1.82, 2.24) is 5.32 Å². The lowest BCUT2D eigenvalue weighted by molar-refractivity contribution is -0.142. The van der Waals surface area contributed by atoms with E-state index in [0.717, 1.165) is 0 Å². The molecule has 8 heteroatoms. The number of rotatable bonds is 6. The molecule has 0 atom stereocenters. The molecule has 0 unspecified atom stereocenters. The molecule has 24 heavy (non-hydrogen) atoms. The van der Waals surface area contributed by atoms with E-state index in [4.69, 9.17) is 12.2 Å². The SMILES string of the molecule is COC(=O)CCC(=O)NC(=S)Nc1ccc(NC(=O)C(C)C)cc1. The Kier molecular flexibility index (Phi) is 7.84. The lowest BCUT2D eigenvalue weighted by Crippen LogP contribution is -2.34. The minimum atomic E-state index is -0.455. The molecule has 0 aliphatic carbocycles. The Morgan fingerprint density at radius 2 is 1.58 bits per heavy atom. The van der Waals surface area contributed by atoms with Crippen molar-refractivity contribution < 1.29 is 19.1 Å². The number of nitrogens with one attached hydrogen (secondary N) is 3. The number of hydrogen-bond acceptors (Lipinski definition) is 5. The van der Waals surface area contributed by atoms with E-state index in [9.17, 15) is 14.4 Å². The highest BCUT2D eigenvalue weighted by molar-refractivity contribution is 7.80. The second-order valence-electron chi connectivity index (χ2n) is 5.30. The Morgan fingerprint density at radius 3 is 2.08 bits per heavy atom. The number of methoxy groups -OCH3 is 1. The Hall–Kier alpha value is -2.48. The normalized spacial score (nSPS) is 10.0. The number of benzene rings is 1. The molecule has 2 amide bonds. The number of anilines is 2. The van der Waals surface area contributed by atoms with E-state index in [1.165, 1.54) is 7.11 Å². The van der Waals surface area contributed by atoms with Gasteiger partial charge >= 0.3 is 5.97 Å². The van der Waals surface area contributed by atoms with Crippen LogP contribution in [0.25, 0.3) is 0 Å². The first-order valence-electron chi connectivity index (χ1n) is 7.40. The molecule has 0 heterocycles. The molecule has 0 radical (unpaired) electrons. The number of esters is 1. The van der Waals surface area contributed by atoms with Crippen LogP contribution in [-0.2, 0) is 19.1 Å². The summed E-state index contributed by atoms with van der Waals surface area (Å²) in [5, 5.41) is 8.22. The van der Waals surface area contributed by atoms with Crippen molar-refractivity contribution in [3.63, 3.8) is 0 Å².